The molecule has 0 fully saturated rings. The molecule has 0 spiro atoms. The van der Waals surface area contributed by atoms with E-state index in [2.05, 4.69) is 36.5 Å². The van der Waals surface area contributed by atoms with Gasteiger partial charge in [-0.15, -0.1) is 0 Å². The Morgan fingerprint density at radius 2 is 1.89 bits per heavy atom. The highest BCUT2D eigenvalue weighted by molar-refractivity contribution is 5.27. The van der Waals surface area contributed by atoms with Crippen molar-refractivity contribution in [3.05, 3.63) is 59.0 Å². The molecular formula is C15H16N2O. The zero-order chi connectivity index (χ0) is 12.8. The highest BCUT2D eigenvalue weighted by Gasteiger charge is 2.02. The first kappa shape index (κ1) is 12.4. The van der Waals surface area contributed by atoms with E-state index in [4.69, 9.17) is 9.68 Å². The summed E-state index contributed by atoms with van der Waals surface area (Å²) in [5.74, 6) is 1.15. The van der Waals surface area contributed by atoms with E-state index in [1.807, 2.05) is 12.1 Å². The fourth-order valence-electron chi connectivity index (χ4n) is 1.93. The Labute approximate surface area is 107 Å². The molecule has 1 N–H and O–H groups in total. The van der Waals surface area contributed by atoms with Crippen molar-refractivity contribution in [1.29, 1.82) is 5.26 Å². The lowest BCUT2D eigenvalue weighted by molar-refractivity contribution is 0.473. The smallest absolute Gasteiger partial charge is 0.203 e. The van der Waals surface area contributed by atoms with Gasteiger partial charge in [-0.1, -0.05) is 31.2 Å². The molecule has 1 heterocycles. The average molecular weight is 240 g/mol. The van der Waals surface area contributed by atoms with Crippen LogP contribution in [0.25, 0.3) is 0 Å². The molecule has 0 saturated heterocycles. The first-order chi connectivity index (χ1) is 8.83. The number of nitrogens with zero attached hydrogens (tertiary/aromatic N) is 1. The molecule has 1 aromatic carbocycles. The molecule has 3 heteroatoms. The van der Waals surface area contributed by atoms with Crippen LogP contribution in [0.2, 0.25) is 0 Å². The summed E-state index contributed by atoms with van der Waals surface area (Å²) in [5.41, 5.74) is 2.68. The molecule has 3 nitrogen and oxygen atoms in total. The van der Waals surface area contributed by atoms with E-state index >= 15 is 0 Å². The Hall–Kier alpha value is -2.05. The molecule has 2 rings (SSSR count). The van der Waals surface area contributed by atoms with Crippen molar-refractivity contribution in [3.8, 4) is 6.07 Å². The summed E-state index contributed by atoms with van der Waals surface area (Å²) < 4.78 is 5.30. The number of rotatable bonds is 5. The highest BCUT2D eigenvalue weighted by atomic mass is 16.3. The molecule has 0 atom stereocenters. The molecule has 92 valence electrons. The monoisotopic (exact) mass is 240 g/mol. The van der Waals surface area contributed by atoms with Gasteiger partial charge < -0.3 is 9.73 Å². The lowest BCUT2D eigenvalue weighted by Gasteiger charge is -2.08. The summed E-state index contributed by atoms with van der Waals surface area (Å²) in [4.78, 5) is 0. The summed E-state index contributed by atoms with van der Waals surface area (Å²) in [5, 5.41) is 12.0. The topological polar surface area (TPSA) is 49.0 Å². The number of hydrogen-bond acceptors (Lipinski definition) is 3. The molecule has 18 heavy (non-hydrogen) atoms. The first-order valence-corrected chi connectivity index (χ1v) is 6.09. The number of benzene rings is 1. The van der Waals surface area contributed by atoms with E-state index in [1.165, 1.54) is 11.1 Å². The Kier molecular flexibility index (Phi) is 4.16. The Bertz CT molecular complexity index is 552. The van der Waals surface area contributed by atoms with Gasteiger partial charge in [-0.25, -0.2) is 0 Å². The molecule has 0 saturated carbocycles. The van der Waals surface area contributed by atoms with Crippen LogP contribution in [0.1, 0.15) is 29.6 Å². The normalized spacial score (nSPS) is 10.2. The van der Waals surface area contributed by atoms with Crippen LogP contribution in [0, 0.1) is 11.3 Å². The number of aryl methyl sites for hydroxylation is 1. The van der Waals surface area contributed by atoms with Crippen molar-refractivity contribution in [2.24, 2.45) is 0 Å². The fraction of sp³-hybridized carbons (Fsp3) is 0.267. The van der Waals surface area contributed by atoms with Crippen LogP contribution in [0.5, 0.6) is 0 Å². The molecule has 1 aromatic heterocycles. The average Bonchev–Trinajstić information content (AvgIpc) is 2.87. The molecule has 0 aliphatic heterocycles. The van der Waals surface area contributed by atoms with E-state index in [-0.39, 0.29) is 0 Å². The van der Waals surface area contributed by atoms with Crippen molar-refractivity contribution < 1.29 is 4.42 Å². The molecule has 0 aliphatic rings. The van der Waals surface area contributed by atoms with Crippen LogP contribution in [0.4, 0.5) is 0 Å². The van der Waals surface area contributed by atoms with Gasteiger partial charge in [-0.05, 0) is 29.7 Å². The summed E-state index contributed by atoms with van der Waals surface area (Å²) in [6.45, 7) is 3.61. The van der Waals surface area contributed by atoms with Crippen LogP contribution < -0.4 is 5.32 Å². The van der Waals surface area contributed by atoms with Gasteiger partial charge in [-0.3, -0.25) is 0 Å². The first-order valence-electron chi connectivity index (χ1n) is 6.09. The predicted octanol–water partition coefficient (Wildman–Crippen LogP) is 3.00. The van der Waals surface area contributed by atoms with Crippen LogP contribution in [-0.2, 0) is 19.5 Å². The Balaban J connectivity index is 1.90. The minimum absolute atomic E-state index is 0.362. The molecular weight excluding hydrogens is 224 g/mol. The Morgan fingerprint density at radius 3 is 2.56 bits per heavy atom. The van der Waals surface area contributed by atoms with E-state index in [9.17, 15) is 0 Å². The van der Waals surface area contributed by atoms with Gasteiger partial charge in [0, 0.05) is 6.54 Å². The van der Waals surface area contributed by atoms with Crippen molar-refractivity contribution in [2.45, 2.75) is 26.4 Å². The zero-order valence-corrected chi connectivity index (χ0v) is 10.4. The van der Waals surface area contributed by atoms with Crippen LogP contribution >= 0.6 is 0 Å². The largest absolute Gasteiger partial charge is 0.449 e. The minimum atomic E-state index is 0.362. The van der Waals surface area contributed by atoms with Crippen molar-refractivity contribution >= 4 is 0 Å². The second-order valence-electron chi connectivity index (χ2n) is 4.10. The fourth-order valence-corrected chi connectivity index (χ4v) is 1.93. The van der Waals surface area contributed by atoms with Gasteiger partial charge in [0.15, 0.2) is 0 Å². The van der Waals surface area contributed by atoms with E-state index in [1.54, 1.807) is 6.07 Å². The number of nitriles is 1. The van der Waals surface area contributed by atoms with Gasteiger partial charge >= 0.3 is 0 Å². The van der Waals surface area contributed by atoms with Gasteiger partial charge in [0.2, 0.25) is 5.76 Å². The third kappa shape index (κ3) is 2.99. The summed E-state index contributed by atoms with van der Waals surface area (Å²) in [6.07, 6.45) is 1.04. The zero-order valence-electron chi connectivity index (χ0n) is 10.4. The van der Waals surface area contributed by atoms with Gasteiger partial charge in [-0.2, -0.15) is 5.26 Å². The highest BCUT2D eigenvalue weighted by Crippen LogP contribution is 2.10. The molecule has 0 bridgehead atoms. The lowest BCUT2D eigenvalue weighted by Crippen LogP contribution is -2.13. The summed E-state index contributed by atoms with van der Waals surface area (Å²) in [6, 6.07) is 13.9. The molecule has 0 unspecified atom stereocenters. The van der Waals surface area contributed by atoms with Crippen LogP contribution in [0.15, 0.2) is 40.8 Å². The molecule has 0 aliphatic carbocycles. The minimum Gasteiger partial charge on any atom is -0.449 e. The maximum absolute atomic E-state index is 8.66. The summed E-state index contributed by atoms with van der Waals surface area (Å²) in [7, 11) is 0. The number of nitrogens with one attached hydrogen (secondary N) is 1. The maximum Gasteiger partial charge on any atom is 0.203 e. The summed E-state index contributed by atoms with van der Waals surface area (Å²) >= 11 is 0. The molecule has 0 amide bonds. The van der Waals surface area contributed by atoms with Gasteiger partial charge in [0.25, 0.3) is 0 Å². The van der Waals surface area contributed by atoms with Crippen molar-refractivity contribution in [3.63, 3.8) is 0 Å². The van der Waals surface area contributed by atoms with E-state index in [0.717, 1.165) is 18.7 Å². The molecule has 2 aromatic rings. The number of furan rings is 1. The lowest BCUT2D eigenvalue weighted by atomic mass is 10.1. The molecule has 0 radical (unpaired) electrons. The third-order valence-electron chi connectivity index (χ3n) is 2.89. The van der Waals surface area contributed by atoms with Crippen LogP contribution in [-0.4, -0.2) is 0 Å². The quantitative estimate of drug-likeness (QED) is 0.874. The van der Waals surface area contributed by atoms with Gasteiger partial charge in [0.05, 0.1) is 6.54 Å². The van der Waals surface area contributed by atoms with Crippen molar-refractivity contribution in [2.75, 3.05) is 0 Å². The second kappa shape index (κ2) is 6.04. The third-order valence-corrected chi connectivity index (χ3v) is 2.89. The van der Waals surface area contributed by atoms with Crippen LogP contribution in [0.3, 0.4) is 0 Å². The SMILES string of the molecule is CCc1ccccc1CNCc1ccc(C#N)o1. The maximum atomic E-state index is 8.66. The predicted molar refractivity (Wildman–Crippen MR) is 69.8 cm³/mol. The second-order valence-corrected chi connectivity index (χ2v) is 4.10. The van der Waals surface area contributed by atoms with Gasteiger partial charge in [0.1, 0.15) is 11.8 Å². The standard InChI is InChI=1S/C15H16N2O/c1-2-12-5-3-4-6-13(12)10-17-11-15-8-7-14(9-16)18-15/h3-8,17H,2,10-11H2,1H3. The van der Waals surface area contributed by atoms with Crippen molar-refractivity contribution in [1.82, 2.24) is 5.32 Å². The Morgan fingerprint density at radius 1 is 1.11 bits per heavy atom. The van der Waals surface area contributed by atoms with E-state index < -0.39 is 0 Å². The number of hydrogen-bond donors (Lipinski definition) is 1. The van der Waals surface area contributed by atoms with E-state index in [0.29, 0.717) is 12.3 Å².